The van der Waals surface area contributed by atoms with Crippen LogP contribution in [0.5, 0.6) is 0 Å². The molecule has 0 radical (unpaired) electrons. The van der Waals surface area contributed by atoms with Gasteiger partial charge < -0.3 is 10.1 Å². The van der Waals surface area contributed by atoms with E-state index in [0.717, 1.165) is 21.1 Å². The third-order valence-corrected chi connectivity index (χ3v) is 3.07. The topological polar surface area (TPSA) is 51.2 Å². The van der Waals surface area contributed by atoms with Gasteiger partial charge in [0.05, 0.1) is 17.8 Å². The van der Waals surface area contributed by atoms with Crippen LogP contribution in [0.1, 0.15) is 17.3 Å². The molecule has 0 atom stereocenters. The molecule has 0 aliphatic carbocycles. The van der Waals surface area contributed by atoms with Gasteiger partial charge in [-0.2, -0.15) is 0 Å². The van der Waals surface area contributed by atoms with Gasteiger partial charge in [0.1, 0.15) is 5.56 Å². The van der Waals surface area contributed by atoms with Crippen LogP contribution >= 0.6 is 15.9 Å². The Morgan fingerprint density at radius 1 is 1.50 bits per heavy atom. The summed E-state index contributed by atoms with van der Waals surface area (Å²) in [5.41, 5.74) is 2.01. The zero-order valence-electron chi connectivity index (χ0n) is 10.2. The average Bonchev–Trinajstić information content (AvgIpc) is 2.37. The van der Waals surface area contributed by atoms with E-state index in [2.05, 4.69) is 26.2 Å². The number of ether oxygens (including phenoxy) is 1. The number of carbonyl (C=O) groups excluding carboxylic acids is 1. The summed E-state index contributed by atoms with van der Waals surface area (Å²) in [5, 5.41) is 3.93. The van der Waals surface area contributed by atoms with Gasteiger partial charge in [-0.3, -0.25) is 4.98 Å². The number of pyridine rings is 1. The number of nitrogens with one attached hydrogen (secondary N) is 1. The van der Waals surface area contributed by atoms with Crippen molar-refractivity contribution < 1.29 is 9.53 Å². The van der Waals surface area contributed by atoms with E-state index in [4.69, 9.17) is 4.74 Å². The number of nitrogens with zero attached hydrogens (tertiary/aromatic N) is 1. The van der Waals surface area contributed by atoms with E-state index in [1.165, 1.54) is 0 Å². The summed E-state index contributed by atoms with van der Waals surface area (Å²) in [6.07, 6.45) is 1.54. The van der Waals surface area contributed by atoms with Crippen LogP contribution in [-0.4, -0.2) is 24.6 Å². The number of anilines is 1. The van der Waals surface area contributed by atoms with Crippen LogP contribution in [0.2, 0.25) is 0 Å². The molecule has 0 aliphatic rings. The first-order valence-electron chi connectivity index (χ1n) is 5.60. The van der Waals surface area contributed by atoms with Crippen molar-refractivity contribution in [2.24, 2.45) is 0 Å². The molecular formula is C13H13BrN2O2. The predicted octanol–water partition coefficient (Wildman–Crippen LogP) is 3.22. The number of benzene rings is 1. The summed E-state index contributed by atoms with van der Waals surface area (Å²) in [6.45, 7) is 2.13. The Bertz CT molecular complexity index is 599. The summed E-state index contributed by atoms with van der Waals surface area (Å²) in [4.78, 5) is 16.1. The molecule has 1 N–H and O–H groups in total. The third kappa shape index (κ3) is 2.31. The van der Waals surface area contributed by atoms with Crippen molar-refractivity contribution >= 4 is 38.5 Å². The molecule has 0 bridgehead atoms. The van der Waals surface area contributed by atoms with E-state index in [9.17, 15) is 4.79 Å². The van der Waals surface area contributed by atoms with E-state index < -0.39 is 0 Å². The Balaban J connectivity index is 2.65. The number of aromatic nitrogens is 1. The van der Waals surface area contributed by atoms with Gasteiger partial charge in [0, 0.05) is 23.1 Å². The number of fused-ring (bicyclic) bond motifs is 1. The lowest BCUT2D eigenvalue weighted by Gasteiger charge is -2.11. The van der Waals surface area contributed by atoms with Crippen LogP contribution in [0.15, 0.2) is 28.9 Å². The summed E-state index contributed by atoms with van der Waals surface area (Å²) in [7, 11) is 1.78. The molecule has 18 heavy (non-hydrogen) atoms. The lowest BCUT2D eigenvalue weighted by Crippen LogP contribution is -2.09. The lowest BCUT2D eigenvalue weighted by atomic mass is 10.1. The molecular weight excluding hydrogens is 296 g/mol. The second-order valence-electron chi connectivity index (χ2n) is 3.68. The predicted molar refractivity (Wildman–Crippen MR) is 74.9 cm³/mol. The normalized spacial score (nSPS) is 10.4. The zero-order valence-corrected chi connectivity index (χ0v) is 11.7. The van der Waals surface area contributed by atoms with Gasteiger partial charge in [0.2, 0.25) is 0 Å². The van der Waals surface area contributed by atoms with Crippen molar-refractivity contribution in [3.63, 3.8) is 0 Å². The van der Waals surface area contributed by atoms with E-state index in [0.29, 0.717) is 12.2 Å². The minimum atomic E-state index is -0.365. The van der Waals surface area contributed by atoms with Crippen LogP contribution in [0.3, 0.4) is 0 Å². The fraction of sp³-hybridized carbons (Fsp3) is 0.231. The Kier molecular flexibility index (Phi) is 3.81. The Morgan fingerprint density at radius 2 is 2.28 bits per heavy atom. The fourth-order valence-electron chi connectivity index (χ4n) is 1.80. The lowest BCUT2D eigenvalue weighted by molar-refractivity contribution is 0.0527. The number of rotatable bonds is 3. The highest BCUT2D eigenvalue weighted by Gasteiger charge is 2.15. The molecule has 0 fully saturated rings. The van der Waals surface area contributed by atoms with Gasteiger partial charge in [0.25, 0.3) is 0 Å². The van der Waals surface area contributed by atoms with Crippen LogP contribution in [0.4, 0.5) is 5.69 Å². The number of hydrogen-bond acceptors (Lipinski definition) is 4. The van der Waals surface area contributed by atoms with E-state index in [-0.39, 0.29) is 5.97 Å². The maximum absolute atomic E-state index is 11.8. The van der Waals surface area contributed by atoms with E-state index in [1.807, 2.05) is 18.2 Å². The molecule has 0 aliphatic heterocycles. The second-order valence-corrected chi connectivity index (χ2v) is 4.59. The number of carbonyl (C=O) groups is 1. The van der Waals surface area contributed by atoms with Crippen molar-refractivity contribution in [3.8, 4) is 0 Å². The van der Waals surface area contributed by atoms with Gasteiger partial charge in [0.15, 0.2) is 0 Å². The molecule has 0 unspecified atom stereocenters. The largest absolute Gasteiger partial charge is 0.462 e. The summed E-state index contributed by atoms with van der Waals surface area (Å²) in [6, 6.07) is 5.74. The van der Waals surface area contributed by atoms with Gasteiger partial charge >= 0.3 is 5.97 Å². The molecule has 0 amide bonds. The smallest absolute Gasteiger partial charge is 0.341 e. The van der Waals surface area contributed by atoms with Gasteiger partial charge in [-0.05, 0) is 25.1 Å². The maximum atomic E-state index is 11.8. The monoisotopic (exact) mass is 308 g/mol. The van der Waals surface area contributed by atoms with Crippen LogP contribution in [0.25, 0.3) is 10.9 Å². The van der Waals surface area contributed by atoms with Crippen LogP contribution in [-0.2, 0) is 4.74 Å². The summed E-state index contributed by atoms with van der Waals surface area (Å²) >= 11 is 3.42. The first-order valence-corrected chi connectivity index (χ1v) is 6.39. The Labute approximate surface area is 113 Å². The number of esters is 1. The zero-order chi connectivity index (χ0) is 13.1. The van der Waals surface area contributed by atoms with Crippen molar-refractivity contribution in [1.82, 2.24) is 4.98 Å². The highest BCUT2D eigenvalue weighted by Crippen LogP contribution is 2.28. The summed E-state index contributed by atoms with van der Waals surface area (Å²) in [5.74, 6) is -0.365. The molecule has 0 saturated heterocycles. The Hall–Kier alpha value is -1.62. The van der Waals surface area contributed by atoms with Gasteiger partial charge in [-0.1, -0.05) is 15.9 Å². The Morgan fingerprint density at radius 3 is 2.94 bits per heavy atom. The molecule has 1 aromatic carbocycles. The van der Waals surface area contributed by atoms with Crippen LogP contribution in [0, 0.1) is 0 Å². The molecule has 5 heteroatoms. The first kappa shape index (κ1) is 12.8. The highest BCUT2D eigenvalue weighted by molar-refractivity contribution is 9.10. The SMILES string of the molecule is CCOC(=O)c1cnc2ccc(Br)cc2c1NC. The van der Waals surface area contributed by atoms with Crippen molar-refractivity contribution in [3.05, 3.63) is 34.4 Å². The standard InChI is InChI=1S/C13H13BrN2O2/c1-3-18-13(17)10-7-16-11-5-4-8(14)6-9(11)12(10)15-2/h4-7H,3H2,1-2H3,(H,15,16). The van der Waals surface area contributed by atoms with Crippen LogP contribution < -0.4 is 5.32 Å². The van der Waals surface area contributed by atoms with Crippen molar-refractivity contribution in [1.29, 1.82) is 0 Å². The van der Waals surface area contributed by atoms with Crippen molar-refractivity contribution in [2.45, 2.75) is 6.92 Å². The minimum Gasteiger partial charge on any atom is -0.462 e. The molecule has 4 nitrogen and oxygen atoms in total. The quantitative estimate of drug-likeness (QED) is 0.885. The second kappa shape index (κ2) is 5.35. The molecule has 1 aromatic heterocycles. The third-order valence-electron chi connectivity index (χ3n) is 2.58. The molecule has 0 spiro atoms. The van der Waals surface area contributed by atoms with E-state index in [1.54, 1.807) is 20.2 Å². The maximum Gasteiger partial charge on any atom is 0.341 e. The average molecular weight is 309 g/mol. The highest BCUT2D eigenvalue weighted by atomic mass is 79.9. The van der Waals surface area contributed by atoms with E-state index >= 15 is 0 Å². The molecule has 2 aromatic rings. The number of hydrogen-bond donors (Lipinski definition) is 1. The molecule has 2 rings (SSSR count). The fourth-order valence-corrected chi connectivity index (χ4v) is 2.16. The van der Waals surface area contributed by atoms with Gasteiger partial charge in [-0.25, -0.2) is 4.79 Å². The minimum absolute atomic E-state index is 0.346. The van der Waals surface area contributed by atoms with Crippen molar-refractivity contribution in [2.75, 3.05) is 19.0 Å². The molecule has 94 valence electrons. The first-order chi connectivity index (χ1) is 8.67. The summed E-state index contributed by atoms with van der Waals surface area (Å²) < 4.78 is 5.96. The van der Waals surface area contributed by atoms with Gasteiger partial charge in [-0.15, -0.1) is 0 Å². The molecule has 1 heterocycles. The molecule has 0 saturated carbocycles. The number of halogens is 1.